The zero-order valence-corrected chi connectivity index (χ0v) is 19.1. The third kappa shape index (κ3) is 4.18. The number of hydrogen-bond donors (Lipinski definition) is 1. The van der Waals surface area contributed by atoms with Gasteiger partial charge >= 0.3 is 5.97 Å². The average molecular weight is 454 g/mol. The van der Waals surface area contributed by atoms with Crippen molar-refractivity contribution < 1.29 is 22.1 Å². The number of carbonyl (C=O) groups is 1. The van der Waals surface area contributed by atoms with E-state index in [9.17, 15) is 4.79 Å². The lowest BCUT2D eigenvalue weighted by Crippen LogP contribution is -2.09. The molecular formula is C29H25NO4. The summed E-state index contributed by atoms with van der Waals surface area (Å²) in [6.07, 6.45) is 0.106. The van der Waals surface area contributed by atoms with Gasteiger partial charge in [-0.15, -0.1) is 0 Å². The molecule has 5 heteroatoms. The van der Waals surface area contributed by atoms with Crippen LogP contribution in [-0.2, 0) is 11.3 Å². The van der Waals surface area contributed by atoms with E-state index in [1.54, 1.807) is 42.6 Å². The van der Waals surface area contributed by atoms with E-state index < -0.39 is 17.8 Å². The zero-order valence-electron chi connectivity index (χ0n) is 21.1. The van der Waals surface area contributed by atoms with Crippen LogP contribution in [0.15, 0.2) is 83.4 Å². The lowest BCUT2D eigenvalue weighted by Gasteiger charge is -2.18. The monoisotopic (exact) mass is 453 g/mol. The summed E-state index contributed by atoms with van der Waals surface area (Å²) >= 11 is 0. The Morgan fingerprint density at radius 3 is 2.50 bits per heavy atom. The molecule has 0 aliphatic carbocycles. The normalized spacial score (nSPS) is 13.1. The number of fused-ring (bicyclic) bond motifs is 3. The number of hydrogen-bond acceptors (Lipinski definition) is 5. The molecule has 5 rings (SSSR count). The van der Waals surface area contributed by atoms with Gasteiger partial charge in [0, 0.05) is 25.3 Å². The average Bonchev–Trinajstić information content (AvgIpc) is 3.26. The molecule has 0 saturated carbocycles. The van der Waals surface area contributed by atoms with Gasteiger partial charge in [0.15, 0.2) is 0 Å². The topological polar surface area (TPSA) is 72.6 Å². The minimum absolute atomic E-state index is 0.256. The predicted octanol–water partition coefficient (Wildman–Crippen LogP) is 7.53. The molecule has 0 spiro atoms. The van der Waals surface area contributed by atoms with Crippen molar-refractivity contribution in [3.8, 4) is 22.4 Å². The Balaban J connectivity index is 1.60. The highest BCUT2D eigenvalue weighted by molar-refractivity contribution is 6.10. The van der Waals surface area contributed by atoms with Crippen molar-refractivity contribution in [2.24, 2.45) is 5.41 Å². The summed E-state index contributed by atoms with van der Waals surface area (Å²) in [5.41, 5.74) is 4.95. The van der Waals surface area contributed by atoms with Gasteiger partial charge < -0.3 is 4.42 Å². The summed E-state index contributed by atoms with van der Waals surface area (Å²) in [4.78, 5) is 19.8. The number of para-hydroxylation sites is 1. The lowest BCUT2D eigenvalue weighted by molar-refractivity contribution is -0.182. The molecule has 0 unspecified atom stereocenters. The number of furan rings is 1. The molecule has 1 N–H and O–H groups in total. The Morgan fingerprint density at radius 2 is 1.76 bits per heavy atom. The first-order valence-electron chi connectivity index (χ1n) is 12.0. The Kier molecular flexibility index (Phi) is 4.84. The van der Waals surface area contributed by atoms with Gasteiger partial charge in [-0.2, -0.15) is 5.26 Å². The Bertz CT molecular complexity index is 1600. The smallest absolute Gasteiger partial charge is 0.372 e. The van der Waals surface area contributed by atoms with E-state index in [-0.39, 0.29) is 5.56 Å². The fraction of sp³-hybridized carbons (Fsp3) is 0.172. The third-order valence-corrected chi connectivity index (χ3v) is 5.59. The van der Waals surface area contributed by atoms with Crippen LogP contribution in [0.5, 0.6) is 0 Å². The van der Waals surface area contributed by atoms with Gasteiger partial charge in [-0.1, -0.05) is 51.1 Å². The molecule has 0 radical (unpaired) electrons. The molecule has 0 amide bonds. The summed E-state index contributed by atoms with van der Waals surface area (Å²) < 4.78 is 23.6. The number of carbonyl (C=O) groups excluding carboxylic acids is 1. The summed E-state index contributed by atoms with van der Waals surface area (Å²) in [5.74, 6) is -0.807. The van der Waals surface area contributed by atoms with Crippen LogP contribution in [0.4, 0.5) is 0 Å². The van der Waals surface area contributed by atoms with Crippen LogP contribution in [0.3, 0.4) is 0 Å². The van der Waals surface area contributed by atoms with E-state index in [4.69, 9.17) is 12.4 Å². The van der Waals surface area contributed by atoms with Crippen LogP contribution < -0.4 is 0 Å². The number of aromatic nitrogens is 1. The molecule has 2 aromatic heterocycles. The van der Waals surface area contributed by atoms with Crippen molar-refractivity contribution in [3.05, 3.63) is 90.1 Å². The van der Waals surface area contributed by atoms with Crippen molar-refractivity contribution in [2.45, 2.75) is 27.1 Å². The van der Waals surface area contributed by atoms with E-state index in [1.807, 2.05) is 57.2 Å². The first kappa shape index (κ1) is 19.5. The molecule has 0 aliphatic rings. The molecule has 170 valence electrons. The fourth-order valence-corrected chi connectivity index (χ4v) is 4.12. The van der Waals surface area contributed by atoms with Crippen LogP contribution in [-0.4, -0.2) is 16.2 Å². The fourth-order valence-electron chi connectivity index (χ4n) is 4.12. The first-order chi connectivity index (χ1) is 17.1. The molecule has 0 fully saturated rings. The Hall–Kier alpha value is -3.96. The highest BCUT2D eigenvalue weighted by atomic mass is 17.1. The maximum atomic E-state index is 11.5. The van der Waals surface area contributed by atoms with Gasteiger partial charge in [0.05, 0.1) is 11.3 Å². The van der Waals surface area contributed by atoms with E-state index in [0.29, 0.717) is 16.8 Å². The van der Waals surface area contributed by atoms with Gasteiger partial charge in [-0.05, 0) is 70.9 Å². The van der Waals surface area contributed by atoms with Crippen molar-refractivity contribution in [1.29, 1.82) is 0 Å². The maximum absolute atomic E-state index is 11.5. The van der Waals surface area contributed by atoms with E-state index in [0.717, 1.165) is 33.0 Å². The predicted molar refractivity (Wildman–Crippen MR) is 134 cm³/mol. The minimum atomic E-state index is -1.54. The number of nitrogens with zero attached hydrogens (tertiary/aromatic N) is 1. The summed E-state index contributed by atoms with van der Waals surface area (Å²) in [5, 5.41) is 10.4. The van der Waals surface area contributed by atoms with Crippen molar-refractivity contribution >= 4 is 27.9 Å². The van der Waals surface area contributed by atoms with Crippen molar-refractivity contribution in [1.82, 2.24) is 4.98 Å². The largest absolute Gasteiger partial charge is 0.455 e. The Labute approximate surface area is 200 Å². The van der Waals surface area contributed by atoms with E-state index in [1.165, 1.54) is 0 Å². The van der Waals surface area contributed by atoms with Crippen molar-refractivity contribution in [3.63, 3.8) is 0 Å². The molecular weight excluding hydrogens is 426 g/mol. The number of benzene rings is 3. The summed E-state index contributed by atoms with van der Waals surface area (Å²) in [7, 11) is 0. The Morgan fingerprint density at radius 1 is 1.00 bits per heavy atom. The first-order valence-corrected chi connectivity index (χ1v) is 11.0. The number of pyridine rings is 1. The van der Waals surface area contributed by atoms with Crippen molar-refractivity contribution in [2.75, 3.05) is 0 Å². The van der Waals surface area contributed by atoms with Crippen LogP contribution in [0.25, 0.3) is 44.3 Å². The SMILES string of the molecule is [2H]C([2H])(c1ccnc(-c2cccc3c2oc2ccc(-c4ccc(C(=O)OO)cc4)cc23)c1)C(C)(C)C. The number of rotatable bonds is 4. The molecule has 0 atom stereocenters. The van der Waals surface area contributed by atoms with Crippen LogP contribution in [0.2, 0.25) is 0 Å². The zero-order chi connectivity index (χ0) is 25.7. The second-order valence-corrected chi connectivity index (χ2v) is 9.26. The molecule has 2 heterocycles. The molecule has 0 aliphatic heterocycles. The van der Waals surface area contributed by atoms with E-state index in [2.05, 4.69) is 9.87 Å². The molecule has 0 bridgehead atoms. The maximum Gasteiger partial charge on any atom is 0.372 e. The molecule has 3 aromatic carbocycles. The highest BCUT2D eigenvalue weighted by Crippen LogP contribution is 2.37. The summed E-state index contributed by atoms with van der Waals surface area (Å²) in [6, 6.07) is 22.1. The molecule has 5 aromatic rings. The van der Waals surface area contributed by atoms with Gasteiger partial charge in [-0.25, -0.2) is 4.79 Å². The van der Waals surface area contributed by atoms with E-state index >= 15 is 0 Å². The highest BCUT2D eigenvalue weighted by Gasteiger charge is 2.16. The van der Waals surface area contributed by atoms with Gasteiger partial charge in [0.2, 0.25) is 0 Å². The second kappa shape index (κ2) is 8.43. The second-order valence-electron chi connectivity index (χ2n) is 9.26. The molecule has 0 saturated heterocycles. The van der Waals surface area contributed by atoms with Gasteiger partial charge in [-0.3, -0.25) is 9.87 Å². The van der Waals surface area contributed by atoms with Crippen LogP contribution in [0, 0.1) is 5.41 Å². The summed E-state index contributed by atoms with van der Waals surface area (Å²) in [6.45, 7) is 5.66. The molecule has 34 heavy (non-hydrogen) atoms. The quantitative estimate of drug-likeness (QED) is 0.225. The lowest BCUT2D eigenvalue weighted by atomic mass is 9.88. The third-order valence-electron chi connectivity index (χ3n) is 5.59. The van der Waals surface area contributed by atoms with Crippen LogP contribution >= 0.6 is 0 Å². The van der Waals surface area contributed by atoms with Gasteiger partial charge in [0.1, 0.15) is 11.2 Å². The van der Waals surface area contributed by atoms with Gasteiger partial charge in [0.25, 0.3) is 0 Å². The molecule has 5 nitrogen and oxygen atoms in total. The minimum Gasteiger partial charge on any atom is -0.455 e. The standard InChI is InChI=1S/C29H25NO4/c1-29(2,3)17-18-13-14-30-25(15-18)23-6-4-5-22-24-16-21(11-12-26(24)33-27(22)23)19-7-9-20(10-8-19)28(31)34-32/h4-16,32H,17H2,1-3H3/i17D2. The van der Waals surface area contributed by atoms with Crippen LogP contribution in [0.1, 0.15) is 39.4 Å².